The van der Waals surface area contributed by atoms with Crippen LogP contribution in [0.15, 0.2) is 16.3 Å². The Balaban J connectivity index is 2.28. The van der Waals surface area contributed by atoms with Gasteiger partial charge >= 0.3 is 0 Å². The van der Waals surface area contributed by atoms with Crippen molar-refractivity contribution in [3.63, 3.8) is 0 Å². The Morgan fingerprint density at radius 2 is 2.21 bits per heavy atom. The molecular formula is C8H10ClNO2S2. The van der Waals surface area contributed by atoms with Crippen LogP contribution >= 0.6 is 22.9 Å². The summed E-state index contributed by atoms with van der Waals surface area (Å²) in [5.41, 5.74) is 0. The van der Waals surface area contributed by atoms with Crippen LogP contribution in [0.1, 0.15) is 11.3 Å². The molecule has 1 fully saturated rings. The van der Waals surface area contributed by atoms with Crippen molar-refractivity contribution >= 4 is 33.0 Å². The third-order valence-corrected chi connectivity index (χ3v) is 5.62. The van der Waals surface area contributed by atoms with E-state index in [4.69, 9.17) is 11.6 Å². The van der Waals surface area contributed by atoms with Crippen LogP contribution in [0.2, 0.25) is 0 Å². The molecule has 0 unspecified atom stereocenters. The lowest BCUT2D eigenvalue weighted by Gasteiger charge is -2.29. The van der Waals surface area contributed by atoms with Crippen molar-refractivity contribution < 1.29 is 8.42 Å². The molecule has 1 aliphatic rings. The number of alkyl halides is 1. The number of hydrogen-bond donors (Lipinski definition) is 0. The Labute approximate surface area is 92.3 Å². The maximum atomic E-state index is 11.8. The summed E-state index contributed by atoms with van der Waals surface area (Å²) in [7, 11) is -3.21. The third kappa shape index (κ3) is 1.69. The van der Waals surface area contributed by atoms with E-state index in [0.717, 1.165) is 11.3 Å². The van der Waals surface area contributed by atoms with Gasteiger partial charge < -0.3 is 0 Å². The monoisotopic (exact) mass is 251 g/mol. The summed E-state index contributed by atoms with van der Waals surface area (Å²) in [6.45, 7) is 1.29. The van der Waals surface area contributed by atoms with Gasteiger partial charge in [0.1, 0.15) is 0 Å². The van der Waals surface area contributed by atoms with Crippen molar-refractivity contribution in [2.45, 2.75) is 17.2 Å². The normalized spacial score (nSPS) is 18.1. The molecule has 3 nitrogen and oxygen atoms in total. The van der Waals surface area contributed by atoms with E-state index in [1.165, 1.54) is 15.6 Å². The number of halogens is 1. The molecule has 0 saturated carbocycles. The molecule has 6 heteroatoms. The molecule has 0 bridgehead atoms. The number of thiophene rings is 1. The average molecular weight is 252 g/mol. The highest BCUT2D eigenvalue weighted by Gasteiger charge is 2.29. The Hall–Kier alpha value is -0.100. The first-order valence-corrected chi connectivity index (χ1v) is 7.13. The summed E-state index contributed by atoms with van der Waals surface area (Å²) in [6.07, 6.45) is 0.964. The lowest BCUT2D eigenvalue weighted by atomic mass is 10.3. The second-order valence-electron chi connectivity index (χ2n) is 3.14. The topological polar surface area (TPSA) is 37.4 Å². The largest absolute Gasteiger partial charge is 0.243 e. The van der Waals surface area contributed by atoms with Gasteiger partial charge in [-0.3, -0.25) is 0 Å². The van der Waals surface area contributed by atoms with E-state index < -0.39 is 10.0 Å². The highest BCUT2D eigenvalue weighted by molar-refractivity contribution is 7.89. The minimum absolute atomic E-state index is 0.375. The smallest absolute Gasteiger partial charge is 0.207 e. The summed E-state index contributed by atoms with van der Waals surface area (Å²) >= 11 is 7.01. The SMILES string of the molecule is O=S(=O)(c1csc(CCl)c1)N1CCC1. The van der Waals surface area contributed by atoms with Crippen LogP contribution in [-0.2, 0) is 15.9 Å². The first-order chi connectivity index (χ1) is 6.64. The number of rotatable bonds is 3. The van der Waals surface area contributed by atoms with Gasteiger partial charge in [0.15, 0.2) is 0 Å². The fraction of sp³-hybridized carbons (Fsp3) is 0.500. The minimum atomic E-state index is -3.21. The second-order valence-corrected chi connectivity index (χ2v) is 6.34. The number of hydrogen-bond acceptors (Lipinski definition) is 3. The number of sulfonamides is 1. The van der Waals surface area contributed by atoms with E-state index in [2.05, 4.69) is 0 Å². The van der Waals surface area contributed by atoms with Crippen LogP contribution in [0.4, 0.5) is 0 Å². The first-order valence-electron chi connectivity index (χ1n) is 4.28. The second kappa shape index (κ2) is 3.81. The highest BCUT2D eigenvalue weighted by atomic mass is 35.5. The molecule has 2 heterocycles. The Morgan fingerprint density at radius 3 is 2.64 bits per heavy atom. The average Bonchev–Trinajstić information content (AvgIpc) is 2.47. The van der Waals surface area contributed by atoms with Crippen LogP contribution in [0.5, 0.6) is 0 Å². The van der Waals surface area contributed by atoms with Gasteiger partial charge in [-0.1, -0.05) is 0 Å². The van der Waals surface area contributed by atoms with Crippen molar-refractivity contribution in [1.82, 2.24) is 4.31 Å². The summed E-state index contributed by atoms with van der Waals surface area (Å²) in [6, 6.07) is 1.66. The quantitative estimate of drug-likeness (QED) is 0.770. The van der Waals surface area contributed by atoms with E-state index in [0.29, 0.717) is 23.9 Å². The lowest BCUT2D eigenvalue weighted by molar-refractivity contribution is 0.309. The molecule has 1 aliphatic heterocycles. The molecule has 0 N–H and O–H groups in total. The van der Waals surface area contributed by atoms with Gasteiger partial charge in [-0.2, -0.15) is 4.31 Å². The van der Waals surface area contributed by atoms with Crippen molar-refractivity contribution in [3.05, 3.63) is 16.3 Å². The maximum Gasteiger partial charge on any atom is 0.243 e. The van der Waals surface area contributed by atoms with Crippen LogP contribution in [-0.4, -0.2) is 25.8 Å². The van der Waals surface area contributed by atoms with Gasteiger partial charge in [-0.15, -0.1) is 22.9 Å². The molecule has 0 amide bonds. The summed E-state index contributed by atoms with van der Waals surface area (Å²) < 4.78 is 25.2. The molecule has 1 aromatic rings. The van der Waals surface area contributed by atoms with Crippen LogP contribution in [0.25, 0.3) is 0 Å². The summed E-state index contributed by atoms with van der Waals surface area (Å²) in [4.78, 5) is 1.28. The first kappa shape index (κ1) is 10.4. The Bertz CT molecular complexity index is 422. The van der Waals surface area contributed by atoms with Gasteiger partial charge in [0.05, 0.1) is 10.8 Å². The lowest BCUT2D eigenvalue weighted by Crippen LogP contribution is -2.41. The molecule has 0 spiro atoms. The molecule has 0 atom stereocenters. The van der Waals surface area contributed by atoms with Crippen LogP contribution in [0, 0.1) is 0 Å². The molecular weight excluding hydrogens is 242 g/mol. The van der Waals surface area contributed by atoms with E-state index in [-0.39, 0.29) is 0 Å². The van der Waals surface area contributed by atoms with E-state index in [9.17, 15) is 8.42 Å². The fourth-order valence-corrected chi connectivity index (χ4v) is 4.14. The van der Waals surface area contributed by atoms with E-state index in [1.54, 1.807) is 11.4 Å². The van der Waals surface area contributed by atoms with Crippen molar-refractivity contribution in [2.75, 3.05) is 13.1 Å². The molecule has 0 aromatic carbocycles. The highest BCUT2D eigenvalue weighted by Crippen LogP contribution is 2.26. The van der Waals surface area contributed by atoms with Gasteiger partial charge in [0, 0.05) is 23.3 Å². The van der Waals surface area contributed by atoms with Gasteiger partial charge in [0.2, 0.25) is 10.0 Å². The predicted octanol–water partition coefficient (Wildman–Crippen LogP) is 1.88. The predicted molar refractivity (Wildman–Crippen MR) is 57.3 cm³/mol. The van der Waals surface area contributed by atoms with Gasteiger partial charge in [-0.05, 0) is 12.5 Å². The summed E-state index contributed by atoms with van der Waals surface area (Å²) in [5.74, 6) is 0.375. The zero-order chi connectivity index (χ0) is 10.2. The Morgan fingerprint density at radius 1 is 1.50 bits per heavy atom. The minimum Gasteiger partial charge on any atom is -0.207 e. The number of nitrogens with zero attached hydrogens (tertiary/aromatic N) is 1. The third-order valence-electron chi connectivity index (χ3n) is 2.21. The molecule has 78 valence electrons. The maximum absolute atomic E-state index is 11.8. The van der Waals surface area contributed by atoms with E-state index >= 15 is 0 Å². The van der Waals surface area contributed by atoms with E-state index in [1.807, 2.05) is 0 Å². The molecule has 14 heavy (non-hydrogen) atoms. The van der Waals surface area contributed by atoms with Gasteiger partial charge in [0.25, 0.3) is 0 Å². The van der Waals surface area contributed by atoms with Crippen molar-refractivity contribution in [1.29, 1.82) is 0 Å². The standard InChI is InChI=1S/C8H10ClNO2S2/c9-5-7-4-8(6-13-7)14(11,12)10-2-1-3-10/h4,6H,1-3,5H2. The van der Waals surface area contributed by atoms with Crippen molar-refractivity contribution in [2.24, 2.45) is 0 Å². The zero-order valence-electron chi connectivity index (χ0n) is 7.44. The molecule has 0 aliphatic carbocycles. The van der Waals surface area contributed by atoms with Crippen LogP contribution in [0.3, 0.4) is 0 Å². The van der Waals surface area contributed by atoms with Gasteiger partial charge in [-0.25, -0.2) is 8.42 Å². The molecule has 1 aromatic heterocycles. The van der Waals surface area contributed by atoms with Crippen molar-refractivity contribution in [3.8, 4) is 0 Å². The molecule has 0 radical (unpaired) electrons. The fourth-order valence-electron chi connectivity index (χ4n) is 1.24. The molecule has 1 saturated heterocycles. The summed E-state index contributed by atoms with van der Waals surface area (Å²) in [5, 5.41) is 1.66. The van der Waals surface area contributed by atoms with Crippen LogP contribution < -0.4 is 0 Å². The molecule has 2 rings (SSSR count). The zero-order valence-corrected chi connectivity index (χ0v) is 9.83. The Kier molecular flexibility index (Phi) is 2.83.